The Hall–Kier alpha value is -1.60. The Morgan fingerprint density at radius 1 is 1.47 bits per heavy atom. The van der Waals surface area contributed by atoms with Crippen LogP contribution < -0.4 is 11.3 Å². The van der Waals surface area contributed by atoms with Crippen molar-refractivity contribution in [2.75, 3.05) is 12.4 Å². The number of carbonyl (C=O) groups excluding carboxylic acids is 2. The molecule has 1 aromatic rings. The van der Waals surface area contributed by atoms with E-state index in [2.05, 4.69) is 0 Å². The highest BCUT2D eigenvalue weighted by atomic mass is 32.2. The molecule has 0 aliphatic rings. The fraction of sp³-hybridized carbons (Fsp3) is 0.333. The molecule has 1 rings (SSSR count). The van der Waals surface area contributed by atoms with Crippen LogP contribution in [0.3, 0.4) is 0 Å². The predicted molar refractivity (Wildman–Crippen MR) is 70.8 cm³/mol. The maximum Gasteiger partial charge on any atom is 0.315 e. The van der Waals surface area contributed by atoms with E-state index in [1.807, 2.05) is 5.43 Å². The number of thioether (sulfide) groups is 1. The number of halogens is 1. The number of amides is 1. The van der Waals surface area contributed by atoms with Gasteiger partial charge in [-0.15, -0.1) is 11.8 Å². The van der Waals surface area contributed by atoms with Gasteiger partial charge in [-0.05, 0) is 30.7 Å². The third-order valence-electron chi connectivity index (χ3n) is 2.22. The molecule has 7 heteroatoms. The smallest absolute Gasteiger partial charge is 0.315 e. The summed E-state index contributed by atoms with van der Waals surface area (Å²) in [4.78, 5) is 22.4. The van der Waals surface area contributed by atoms with E-state index in [0.717, 1.165) is 0 Å². The van der Waals surface area contributed by atoms with Gasteiger partial charge in [-0.3, -0.25) is 15.0 Å². The van der Waals surface area contributed by atoms with E-state index in [0.29, 0.717) is 12.2 Å². The maximum absolute atomic E-state index is 13.5. The van der Waals surface area contributed by atoms with Crippen LogP contribution in [-0.2, 0) is 15.3 Å². The van der Waals surface area contributed by atoms with Crippen molar-refractivity contribution in [3.05, 3.63) is 35.1 Å². The van der Waals surface area contributed by atoms with E-state index < -0.39 is 11.7 Å². The first-order chi connectivity index (χ1) is 9.08. The number of hydrazine groups is 1. The van der Waals surface area contributed by atoms with E-state index in [-0.39, 0.29) is 23.0 Å². The summed E-state index contributed by atoms with van der Waals surface area (Å²) >= 11 is 1.22. The molecule has 0 atom stereocenters. The molecule has 3 N–H and O–H groups in total. The fourth-order valence-corrected chi connectivity index (χ4v) is 2.15. The summed E-state index contributed by atoms with van der Waals surface area (Å²) in [6, 6.07) is 3.96. The second-order valence-corrected chi connectivity index (χ2v) is 4.56. The minimum Gasteiger partial charge on any atom is -0.465 e. The molecule has 0 saturated carbocycles. The quantitative estimate of drug-likeness (QED) is 0.356. The highest BCUT2D eigenvalue weighted by molar-refractivity contribution is 7.99. The molecule has 0 saturated heterocycles. The summed E-state index contributed by atoms with van der Waals surface area (Å²) in [6.45, 7) is 2.04. The second-order valence-electron chi connectivity index (χ2n) is 3.58. The summed E-state index contributed by atoms with van der Waals surface area (Å²) in [7, 11) is 0. The second kappa shape index (κ2) is 7.75. The zero-order valence-electron chi connectivity index (χ0n) is 10.4. The zero-order valence-corrected chi connectivity index (χ0v) is 11.3. The molecule has 5 nitrogen and oxygen atoms in total. The Morgan fingerprint density at radius 2 is 2.21 bits per heavy atom. The minimum absolute atomic E-state index is 0.139. The summed E-state index contributed by atoms with van der Waals surface area (Å²) in [5, 5.41) is 0. The molecular weight excluding hydrogens is 271 g/mol. The van der Waals surface area contributed by atoms with Crippen LogP contribution in [0.5, 0.6) is 0 Å². The fourth-order valence-electron chi connectivity index (χ4n) is 1.36. The van der Waals surface area contributed by atoms with Crippen LogP contribution in [0.25, 0.3) is 0 Å². The molecule has 0 spiro atoms. The minimum atomic E-state index is -0.489. The van der Waals surface area contributed by atoms with Crippen molar-refractivity contribution in [3.8, 4) is 0 Å². The number of nitrogens with one attached hydrogen (secondary N) is 1. The number of nitrogen functional groups attached to an aromatic ring is 1. The van der Waals surface area contributed by atoms with Gasteiger partial charge >= 0.3 is 5.97 Å². The molecule has 0 heterocycles. The number of nitrogens with two attached hydrogens (primary N) is 1. The van der Waals surface area contributed by atoms with Crippen molar-refractivity contribution >= 4 is 23.6 Å². The number of hydrogen-bond donors (Lipinski definition) is 2. The highest BCUT2D eigenvalue weighted by Crippen LogP contribution is 2.17. The Labute approximate surface area is 114 Å². The van der Waals surface area contributed by atoms with Crippen LogP contribution in [-0.4, -0.2) is 24.2 Å². The molecule has 0 unspecified atom stereocenters. The van der Waals surface area contributed by atoms with Crippen LogP contribution in [0.4, 0.5) is 4.39 Å². The van der Waals surface area contributed by atoms with E-state index in [1.165, 1.54) is 30.0 Å². The molecule has 0 aromatic heterocycles. The van der Waals surface area contributed by atoms with Crippen molar-refractivity contribution in [1.29, 1.82) is 0 Å². The SMILES string of the molecule is CCOC(=O)CSCc1cc(C(=O)NN)ccc1F. The van der Waals surface area contributed by atoms with Crippen molar-refractivity contribution in [2.45, 2.75) is 12.7 Å². The van der Waals surface area contributed by atoms with Crippen molar-refractivity contribution in [2.24, 2.45) is 5.84 Å². The largest absolute Gasteiger partial charge is 0.465 e. The molecule has 0 bridgehead atoms. The van der Waals surface area contributed by atoms with Gasteiger partial charge in [-0.2, -0.15) is 0 Å². The summed E-state index contributed by atoms with van der Waals surface area (Å²) < 4.78 is 18.3. The predicted octanol–water partition coefficient (Wildman–Crippen LogP) is 1.23. The molecule has 0 aliphatic carbocycles. The molecule has 0 radical (unpaired) electrons. The number of rotatable bonds is 6. The third-order valence-corrected chi connectivity index (χ3v) is 3.18. The van der Waals surface area contributed by atoms with Crippen LogP contribution in [0.1, 0.15) is 22.8 Å². The lowest BCUT2D eigenvalue weighted by Gasteiger charge is -2.06. The highest BCUT2D eigenvalue weighted by Gasteiger charge is 2.10. The number of esters is 1. The van der Waals surface area contributed by atoms with Gasteiger partial charge in [0.15, 0.2) is 0 Å². The Morgan fingerprint density at radius 3 is 2.84 bits per heavy atom. The molecule has 0 aliphatic heterocycles. The zero-order chi connectivity index (χ0) is 14.3. The number of ether oxygens (including phenoxy) is 1. The van der Waals surface area contributed by atoms with E-state index >= 15 is 0 Å². The average molecular weight is 286 g/mol. The van der Waals surface area contributed by atoms with Gasteiger partial charge in [-0.1, -0.05) is 0 Å². The molecule has 1 amide bonds. The Bertz CT molecular complexity index is 468. The van der Waals surface area contributed by atoms with Gasteiger partial charge in [0.05, 0.1) is 12.4 Å². The lowest BCUT2D eigenvalue weighted by molar-refractivity contribution is -0.139. The van der Waals surface area contributed by atoms with Crippen molar-refractivity contribution in [3.63, 3.8) is 0 Å². The third kappa shape index (κ3) is 4.88. The van der Waals surface area contributed by atoms with Gasteiger partial charge < -0.3 is 4.74 Å². The number of carbonyl (C=O) groups is 2. The van der Waals surface area contributed by atoms with Gasteiger partial charge in [0, 0.05) is 11.3 Å². The van der Waals surface area contributed by atoms with Gasteiger partial charge in [0.25, 0.3) is 5.91 Å². The molecule has 0 fully saturated rings. The average Bonchev–Trinajstić information content (AvgIpc) is 2.40. The van der Waals surface area contributed by atoms with Crippen molar-refractivity contribution < 1.29 is 18.7 Å². The first kappa shape index (κ1) is 15.5. The molecule has 19 heavy (non-hydrogen) atoms. The number of benzene rings is 1. The number of hydrogen-bond acceptors (Lipinski definition) is 5. The standard InChI is InChI=1S/C12H15FN2O3S/c1-2-18-11(16)7-19-6-9-5-8(12(17)15-14)3-4-10(9)13/h3-5H,2,6-7,14H2,1H3,(H,15,17). The van der Waals surface area contributed by atoms with Crippen LogP contribution in [0, 0.1) is 5.82 Å². The van der Waals surface area contributed by atoms with Gasteiger partial charge in [-0.25, -0.2) is 10.2 Å². The topological polar surface area (TPSA) is 81.4 Å². The lowest BCUT2D eigenvalue weighted by Crippen LogP contribution is -2.30. The summed E-state index contributed by atoms with van der Waals surface area (Å²) in [6.07, 6.45) is 0. The van der Waals surface area contributed by atoms with E-state index in [4.69, 9.17) is 10.6 Å². The Kier molecular flexibility index (Phi) is 6.31. The van der Waals surface area contributed by atoms with Gasteiger partial charge in [0.2, 0.25) is 0 Å². The normalized spacial score (nSPS) is 10.1. The first-order valence-electron chi connectivity index (χ1n) is 5.61. The van der Waals surface area contributed by atoms with E-state index in [1.54, 1.807) is 6.92 Å². The Balaban J connectivity index is 2.62. The van der Waals surface area contributed by atoms with Crippen LogP contribution in [0.15, 0.2) is 18.2 Å². The van der Waals surface area contributed by atoms with Crippen LogP contribution >= 0.6 is 11.8 Å². The lowest BCUT2D eigenvalue weighted by atomic mass is 10.1. The molecule has 1 aromatic carbocycles. The van der Waals surface area contributed by atoms with Crippen molar-refractivity contribution in [1.82, 2.24) is 5.43 Å². The van der Waals surface area contributed by atoms with Gasteiger partial charge in [0.1, 0.15) is 5.82 Å². The summed E-state index contributed by atoms with van der Waals surface area (Å²) in [5.74, 6) is 4.16. The molecular formula is C12H15FN2O3S. The monoisotopic (exact) mass is 286 g/mol. The van der Waals surface area contributed by atoms with E-state index in [9.17, 15) is 14.0 Å². The first-order valence-corrected chi connectivity index (χ1v) is 6.76. The summed E-state index contributed by atoms with van der Waals surface area (Å²) in [5.41, 5.74) is 2.59. The van der Waals surface area contributed by atoms with Crippen LogP contribution in [0.2, 0.25) is 0 Å². The molecule has 104 valence electrons. The maximum atomic E-state index is 13.5.